The summed E-state index contributed by atoms with van der Waals surface area (Å²) < 4.78 is 5.39. The number of hydrogen-bond donors (Lipinski definition) is 1. The molecule has 1 aromatic rings. The van der Waals surface area contributed by atoms with Gasteiger partial charge in [-0.15, -0.1) is 0 Å². The minimum absolute atomic E-state index is 0.287. The second-order valence-electron chi connectivity index (χ2n) is 4.66. The first-order valence-corrected chi connectivity index (χ1v) is 6.16. The van der Waals surface area contributed by atoms with E-state index in [0.29, 0.717) is 12.5 Å². The van der Waals surface area contributed by atoms with Crippen LogP contribution in [0.25, 0.3) is 0 Å². The van der Waals surface area contributed by atoms with E-state index in [0.717, 1.165) is 31.8 Å². The summed E-state index contributed by atoms with van der Waals surface area (Å²) in [6.07, 6.45) is 3.39. The maximum absolute atomic E-state index is 8.89. The third-order valence-electron chi connectivity index (χ3n) is 3.33. The molecule has 1 aliphatic heterocycles. The summed E-state index contributed by atoms with van der Waals surface area (Å²) in [5, 5.41) is 12.4. The highest BCUT2D eigenvalue weighted by Gasteiger charge is 2.23. The number of nitriles is 1. The Bertz CT molecular complexity index is 369. The lowest BCUT2D eigenvalue weighted by atomic mass is 10.2. The topological polar surface area (TPSA) is 52.2 Å². The molecule has 92 valence electrons. The minimum Gasteiger partial charge on any atom is -0.468 e. The molecular weight excluding hydrogens is 214 g/mol. The largest absolute Gasteiger partial charge is 0.468 e. The highest BCUT2D eigenvalue weighted by molar-refractivity contribution is 4.99. The van der Waals surface area contributed by atoms with Crippen LogP contribution in [0.15, 0.2) is 22.8 Å². The Morgan fingerprint density at radius 3 is 3.24 bits per heavy atom. The third kappa shape index (κ3) is 3.32. The molecule has 1 aromatic heterocycles. The fraction of sp³-hybridized carbons (Fsp3) is 0.615. The van der Waals surface area contributed by atoms with Gasteiger partial charge in [-0.3, -0.25) is 4.90 Å². The van der Waals surface area contributed by atoms with Gasteiger partial charge in [-0.25, -0.2) is 0 Å². The van der Waals surface area contributed by atoms with E-state index in [1.807, 2.05) is 12.1 Å². The lowest BCUT2D eigenvalue weighted by Gasteiger charge is -2.26. The predicted molar refractivity (Wildman–Crippen MR) is 65.2 cm³/mol. The van der Waals surface area contributed by atoms with E-state index in [9.17, 15) is 0 Å². The first kappa shape index (κ1) is 12.2. The van der Waals surface area contributed by atoms with Crippen LogP contribution in [0.4, 0.5) is 0 Å². The van der Waals surface area contributed by atoms with Crippen molar-refractivity contribution in [3.8, 4) is 6.07 Å². The summed E-state index contributed by atoms with van der Waals surface area (Å²) in [4.78, 5) is 2.35. The molecule has 0 bridgehead atoms. The fourth-order valence-corrected chi connectivity index (χ4v) is 2.23. The highest BCUT2D eigenvalue weighted by Crippen LogP contribution is 2.15. The maximum Gasteiger partial charge on any atom is 0.117 e. The summed E-state index contributed by atoms with van der Waals surface area (Å²) >= 11 is 0. The number of nitrogens with zero attached hydrogens (tertiary/aromatic N) is 2. The zero-order valence-electron chi connectivity index (χ0n) is 10.2. The molecule has 0 radical (unpaired) electrons. The van der Waals surface area contributed by atoms with Crippen molar-refractivity contribution in [2.75, 3.05) is 13.1 Å². The Morgan fingerprint density at radius 1 is 1.65 bits per heavy atom. The minimum atomic E-state index is 0.287. The van der Waals surface area contributed by atoms with Gasteiger partial charge in [-0.1, -0.05) is 0 Å². The van der Waals surface area contributed by atoms with Crippen LogP contribution >= 0.6 is 0 Å². The molecule has 1 aliphatic rings. The quantitative estimate of drug-likeness (QED) is 0.864. The van der Waals surface area contributed by atoms with Gasteiger partial charge in [0.15, 0.2) is 0 Å². The number of nitrogens with one attached hydrogen (secondary N) is 1. The SMILES string of the molecule is CC1CCN(Cc2ccco2)C(CC#N)CN1. The van der Waals surface area contributed by atoms with Crippen molar-refractivity contribution in [1.82, 2.24) is 10.2 Å². The molecule has 2 atom stereocenters. The van der Waals surface area contributed by atoms with Gasteiger partial charge in [0, 0.05) is 25.2 Å². The fourth-order valence-electron chi connectivity index (χ4n) is 2.23. The average Bonchev–Trinajstić information content (AvgIpc) is 2.76. The van der Waals surface area contributed by atoms with Gasteiger partial charge in [-0.2, -0.15) is 5.26 Å². The third-order valence-corrected chi connectivity index (χ3v) is 3.33. The second kappa shape index (κ2) is 5.85. The molecule has 0 saturated carbocycles. The lowest BCUT2D eigenvalue weighted by molar-refractivity contribution is 0.187. The molecule has 2 rings (SSSR count). The van der Waals surface area contributed by atoms with Gasteiger partial charge in [-0.05, 0) is 25.5 Å². The van der Waals surface area contributed by atoms with Gasteiger partial charge in [0.2, 0.25) is 0 Å². The molecule has 0 aliphatic carbocycles. The molecule has 2 heterocycles. The van der Waals surface area contributed by atoms with Crippen molar-refractivity contribution in [2.24, 2.45) is 0 Å². The maximum atomic E-state index is 8.89. The lowest BCUT2D eigenvalue weighted by Crippen LogP contribution is -2.39. The summed E-state index contributed by atoms with van der Waals surface area (Å²) in [5.74, 6) is 0.975. The van der Waals surface area contributed by atoms with Gasteiger partial charge >= 0.3 is 0 Å². The summed E-state index contributed by atoms with van der Waals surface area (Å²) in [6, 6.07) is 6.99. The Kier molecular flexibility index (Phi) is 4.18. The molecule has 17 heavy (non-hydrogen) atoms. The molecule has 2 unspecified atom stereocenters. The van der Waals surface area contributed by atoms with E-state index in [2.05, 4.69) is 23.2 Å². The van der Waals surface area contributed by atoms with Crippen LogP contribution in [0.5, 0.6) is 0 Å². The molecule has 4 heteroatoms. The van der Waals surface area contributed by atoms with E-state index < -0.39 is 0 Å². The number of rotatable bonds is 3. The van der Waals surface area contributed by atoms with Gasteiger partial charge < -0.3 is 9.73 Å². The van der Waals surface area contributed by atoms with Crippen LogP contribution < -0.4 is 5.32 Å². The van der Waals surface area contributed by atoms with Gasteiger partial charge in [0.1, 0.15) is 5.76 Å². The Balaban J connectivity index is 2.02. The molecule has 0 amide bonds. The van der Waals surface area contributed by atoms with Crippen molar-refractivity contribution in [2.45, 2.75) is 38.4 Å². The molecule has 0 aromatic carbocycles. The monoisotopic (exact) mass is 233 g/mol. The zero-order chi connectivity index (χ0) is 12.1. The Morgan fingerprint density at radius 2 is 2.53 bits per heavy atom. The van der Waals surface area contributed by atoms with Crippen LogP contribution in [-0.4, -0.2) is 30.1 Å². The molecule has 1 fully saturated rings. The van der Waals surface area contributed by atoms with Crippen molar-refractivity contribution >= 4 is 0 Å². The normalized spacial score (nSPS) is 26.4. The van der Waals surface area contributed by atoms with Gasteiger partial charge in [0.25, 0.3) is 0 Å². The molecule has 0 spiro atoms. The summed E-state index contributed by atoms with van der Waals surface area (Å²) in [7, 11) is 0. The van der Waals surface area contributed by atoms with Crippen molar-refractivity contribution in [3.63, 3.8) is 0 Å². The van der Waals surface area contributed by atoms with Crippen LogP contribution in [0.1, 0.15) is 25.5 Å². The van der Waals surface area contributed by atoms with E-state index in [1.165, 1.54) is 0 Å². The van der Waals surface area contributed by atoms with Crippen LogP contribution in [0, 0.1) is 11.3 Å². The van der Waals surface area contributed by atoms with Gasteiger partial charge in [0.05, 0.1) is 25.3 Å². The van der Waals surface area contributed by atoms with Crippen LogP contribution in [0.3, 0.4) is 0 Å². The zero-order valence-corrected chi connectivity index (χ0v) is 10.2. The first-order chi connectivity index (χ1) is 8.29. The van der Waals surface area contributed by atoms with Crippen molar-refractivity contribution < 1.29 is 4.42 Å². The summed E-state index contributed by atoms with van der Waals surface area (Å²) in [6.45, 7) is 4.89. The molecule has 1 saturated heterocycles. The standard InChI is InChI=1S/C13H19N3O/c1-11-5-7-16(10-13-3-2-8-17-13)12(4-6-14)9-15-11/h2-3,8,11-12,15H,4-5,7,9-10H2,1H3. The van der Waals surface area contributed by atoms with E-state index >= 15 is 0 Å². The second-order valence-corrected chi connectivity index (χ2v) is 4.66. The van der Waals surface area contributed by atoms with Crippen LogP contribution in [0.2, 0.25) is 0 Å². The highest BCUT2D eigenvalue weighted by atomic mass is 16.3. The smallest absolute Gasteiger partial charge is 0.117 e. The van der Waals surface area contributed by atoms with E-state index in [4.69, 9.17) is 9.68 Å². The molecule has 4 nitrogen and oxygen atoms in total. The molecular formula is C13H19N3O. The van der Waals surface area contributed by atoms with Crippen molar-refractivity contribution in [1.29, 1.82) is 5.26 Å². The van der Waals surface area contributed by atoms with Crippen molar-refractivity contribution in [3.05, 3.63) is 24.2 Å². The molecule has 1 N–H and O–H groups in total. The average molecular weight is 233 g/mol. The Labute approximate surface area is 102 Å². The number of furan rings is 1. The number of hydrogen-bond acceptors (Lipinski definition) is 4. The van der Waals surface area contributed by atoms with E-state index in [-0.39, 0.29) is 6.04 Å². The van der Waals surface area contributed by atoms with Crippen LogP contribution in [-0.2, 0) is 6.54 Å². The predicted octanol–water partition coefficient (Wildman–Crippen LogP) is 1.75. The summed E-state index contributed by atoms with van der Waals surface area (Å²) in [5.41, 5.74) is 0. The Hall–Kier alpha value is -1.31. The van der Waals surface area contributed by atoms with E-state index in [1.54, 1.807) is 6.26 Å². The first-order valence-electron chi connectivity index (χ1n) is 6.16.